The highest BCUT2D eigenvalue weighted by molar-refractivity contribution is 5.82. The van der Waals surface area contributed by atoms with Gasteiger partial charge >= 0.3 is 5.97 Å². The molecule has 0 amide bonds. The van der Waals surface area contributed by atoms with Gasteiger partial charge in [0.25, 0.3) is 0 Å². The fourth-order valence-corrected chi connectivity index (χ4v) is 0.864. The molecule has 4 nitrogen and oxygen atoms in total. The van der Waals surface area contributed by atoms with Crippen LogP contribution in [0.1, 0.15) is 13.3 Å². The van der Waals surface area contributed by atoms with Gasteiger partial charge in [0.2, 0.25) is 0 Å². The Morgan fingerprint density at radius 2 is 2.40 bits per heavy atom. The van der Waals surface area contributed by atoms with Gasteiger partial charge in [0.1, 0.15) is 0 Å². The monoisotopic (exact) mass is 143 g/mol. The lowest BCUT2D eigenvalue weighted by molar-refractivity contribution is -0.182. The summed E-state index contributed by atoms with van der Waals surface area (Å²) < 4.78 is 0. The van der Waals surface area contributed by atoms with Crippen molar-refractivity contribution < 1.29 is 14.4 Å². The molecule has 0 atom stereocenters. The Kier molecular flexibility index (Phi) is 2.01. The van der Waals surface area contributed by atoms with Crippen LogP contribution in [0.4, 0.5) is 0 Å². The first-order valence-corrected chi connectivity index (χ1v) is 3.13. The van der Waals surface area contributed by atoms with Crippen LogP contribution in [0.5, 0.6) is 0 Å². The van der Waals surface area contributed by atoms with Crippen molar-refractivity contribution in [2.45, 2.75) is 13.3 Å². The number of hydrogen-bond donors (Lipinski definition) is 0. The number of Topliss-reactive ketones (excluding diaryl/α,β-unsaturated/α-hetero) is 1. The first-order valence-electron chi connectivity index (χ1n) is 3.13. The van der Waals surface area contributed by atoms with Crippen molar-refractivity contribution in [2.24, 2.45) is 0 Å². The number of hydrogen-bond acceptors (Lipinski definition) is 4. The van der Waals surface area contributed by atoms with E-state index < -0.39 is 0 Å². The van der Waals surface area contributed by atoms with E-state index in [0.29, 0.717) is 13.0 Å². The van der Waals surface area contributed by atoms with Gasteiger partial charge < -0.3 is 4.84 Å². The molecule has 1 aliphatic heterocycles. The van der Waals surface area contributed by atoms with E-state index >= 15 is 0 Å². The summed E-state index contributed by atoms with van der Waals surface area (Å²) in [7, 11) is 0. The van der Waals surface area contributed by atoms with Crippen molar-refractivity contribution in [2.75, 3.05) is 13.1 Å². The van der Waals surface area contributed by atoms with Crippen molar-refractivity contribution in [1.29, 1.82) is 0 Å². The van der Waals surface area contributed by atoms with Crippen molar-refractivity contribution in [3.63, 3.8) is 0 Å². The fourth-order valence-electron chi connectivity index (χ4n) is 0.864. The summed E-state index contributed by atoms with van der Waals surface area (Å²) in [4.78, 5) is 25.6. The minimum Gasteiger partial charge on any atom is -0.368 e. The lowest BCUT2D eigenvalue weighted by Gasteiger charge is -2.10. The Morgan fingerprint density at radius 1 is 1.70 bits per heavy atom. The average Bonchev–Trinajstić information content (AvgIpc) is 2.13. The van der Waals surface area contributed by atoms with E-state index in [4.69, 9.17) is 0 Å². The molecule has 0 bridgehead atoms. The lowest BCUT2D eigenvalue weighted by atomic mass is 10.4. The summed E-state index contributed by atoms with van der Waals surface area (Å²) >= 11 is 0. The minimum absolute atomic E-state index is 0.126. The molecule has 1 heterocycles. The van der Waals surface area contributed by atoms with Gasteiger partial charge in [0.15, 0.2) is 5.78 Å². The minimum atomic E-state index is -0.366. The van der Waals surface area contributed by atoms with E-state index in [0.717, 1.165) is 0 Å². The molecular weight excluding hydrogens is 134 g/mol. The van der Waals surface area contributed by atoms with Gasteiger partial charge in [-0.15, -0.1) is 5.06 Å². The van der Waals surface area contributed by atoms with Gasteiger partial charge in [0, 0.05) is 19.9 Å². The van der Waals surface area contributed by atoms with Crippen molar-refractivity contribution >= 4 is 11.8 Å². The molecule has 0 unspecified atom stereocenters. The van der Waals surface area contributed by atoms with Crippen LogP contribution < -0.4 is 0 Å². The second-order valence-electron chi connectivity index (χ2n) is 2.24. The summed E-state index contributed by atoms with van der Waals surface area (Å²) in [5.41, 5.74) is 0. The van der Waals surface area contributed by atoms with Crippen LogP contribution in [-0.4, -0.2) is 29.9 Å². The van der Waals surface area contributed by atoms with E-state index in [1.165, 1.54) is 12.0 Å². The van der Waals surface area contributed by atoms with Gasteiger partial charge in [0.05, 0.1) is 6.54 Å². The first-order chi connectivity index (χ1) is 4.68. The highest BCUT2D eigenvalue weighted by Gasteiger charge is 2.21. The van der Waals surface area contributed by atoms with Crippen LogP contribution in [-0.2, 0) is 14.4 Å². The number of carbonyl (C=O) groups excluding carboxylic acids is 2. The summed E-state index contributed by atoms with van der Waals surface area (Å²) in [6, 6.07) is 0. The molecule has 4 heteroatoms. The van der Waals surface area contributed by atoms with Crippen LogP contribution in [0.25, 0.3) is 0 Å². The maximum absolute atomic E-state index is 10.6. The number of carbonyl (C=O) groups is 2. The van der Waals surface area contributed by atoms with Crippen LogP contribution >= 0.6 is 0 Å². The van der Waals surface area contributed by atoms with Gasteiger partial charge in [-0.2, -0.15) is 0 Å². The Hall–Kier alpha value is -0.900. The fraction of sp³-hybridized carbons (Fsp3) is 0.667. The molecule has 0 radical (unpaired) electrons. The average molecular weight is 143 g/mol. The van der Waals surface area contributed by atoms with Crippen LogP contribution in [0.15, 0.2) is 0 Å². The Bertz CT molecular complexity index is 166. The third-order valence-corrected chi connectivity index (χ3v) is 1.25. The molecule has 0 aliphatic carbocycles. The Morgan fingerprint density at radius 3 is 2.80 bits per heavy atom. The van der Waals surface area contributed by atoms with Crippen LogP contribution in [0.2, 0.25) is 0 Å². The zero-order valence-electron chi connectivity index (χ0n) is 5.79. The van der Waals surface area contributed by atoms with Gasteiger partial charge in [-0.25, -0.2) is 0 Å². The number of nitrogens with zero attached hydrogens (tertiary/aromatic N) is 1. The predicted octanol–water partition coefficient (Wildman–Crippen LogP) is -0.261. The highest BCUT2D eigenvalue weighted by atomic mass is 16.7. The third kappa shape index (κ3) is 1.80. The molecule has 0 spiro atoms. The predicted molar refractivity (Wildman–Crippen MR) is 33.0 cm³/mol. The zero-order chi connectivity index (χ0) is 7.56. The summed E-state index contributed by atoms with van der Waals surface area (Å²) in [5, 5.41) is 1.38. The van der Waals surface area contributed by atoms with Crippen LogP contribution in [0, 0.1) is 0 Å². The smallest absolute Gasteiger partial charge is 0.322 e. The van der Waals surface area contributed by atoms with Crippen LogP contribution in [0.3, 0.4) is 0 Å². The molecule has 0 saturated carbocycles. The second kappa shape index (κ2) is 2.79. The molecular formula is C6H9NO3. The molecule has 0 aromatic carbocycles. The number of hydroxylamine groups is 2. The summed E-state index contributed by atoms with van der Waals surface area (Å²) in [5.74, 6) is -0.240. The SMILES string of the molecule is CC(=O)ON1CCC(=O)C1. The largest absolute Gasteiger partial charge is 0.368 e. The Balaban J connectivity index is 2.31. The first kappa shape index (κ1) is 7.21. The highest BCUT2D eigenvalue weighted by Crippen LogP contribution is 2.03. The summed E-state index contributed by atoms with van der Waals surface area (Å²) in [6.45, 7) is 2.11. The zero-order valence-corrected chi connectivity index (χ0v) is 5.79. The lowest BCUT2D eigenvalue weighted by Crippen LogP contribution is -2.23. The maximum Gasteiger partial charge on any atom is 0.322 e. The third-order valence-electron chi connectivity index (χ3n) is 1.25. The number of rotatable bonds is 1. The molecule has 10 heavy (non-hydrogen) atoms. The van der Waals surface area contributed by atoms with E-state index in [1.807, 2.05) is 0 Å². The van der Waals surface area contributed by atoms with E-state index in [1.54, 1.807) is 0 Å². The van der Waals surface area contributed by atoms with E-state index in [2.05, 4.69) is 4.84 Å². The van der Waals surface area contributed by atoms with Gasteiger partial charge in [-0.1, -0.05) is 0 Å². The van der Waals surface area contributed by atoms with Crippen molar-refractivity contribution in [3.8, 4) is 0 Å². The molecule has 0 aromatic rings. The molecule has 1 aliphatic rings. The van der Waals surface area contributed by atoms with Gasteiger partial charge in [-0.3, -0.25) is 9.59 Å². The summed E-state index contributed by atoms with van der Waals surface area (Å²) in [6.07, 6.45) is 0.493. The topological polar surface area (TPSA) is 46.6 Å². The van der Waals surface area contributed by atoms with E-state index in [-0.39, 0.29) is 18.3 Å². The second-order valence-corrected chi connectivity index (χ2v) is 2.24. The van der Waals surface area contributed by atoms with Gasteiger partial charge in [-0.05, 0) is 0 Å². The van der Waals surface area contributed by atoms with Crippen molar-refractivity contribution in [3.05, 3.63) is 0 Å². The molecule has 56 valence electrons. The molecule has 1 fully saturated rings. The van der Waals surface area contributed by atoms with E-state index in [9.17, 15) is 9.59 Å². The molecule has 0 N–H and O–H groups in total. The normalized spacial score (nSPS) is 19.5. The maximum atomic E-state index is 10.6. The number of ketones is 1. The molecule has 1 rings (SSSR count). The molecule has 1 saturated heterocycles. The standard InChI is InChI=1S/C6H9NO3/c1-5(8)10-7-3-2-6(9)4-7/h2-4H2,1H3. The van der Waals surface area contributed by atoms with Crippen molar-refractivity contribution in [1.82, 2.24) is 5.06 Å². The quantitative estimate of drug-likeness (QED) is 0.507. The molecule has 0 aromatic heterocycles. The Labute approximate surface area is 58.7 Å².